The minimum Gasteiger partial charge on any atom is -0.481 e. The fourth-order valence-corrected chi connectivity index (χ4v) is 2.43. The van der Waals surface area contributed by atoms with Gasteiger partial charge in [-0.2, -0.15) is 0 Å². The highest BCUT2D eigenvalue weighted by Crippen LogP contribution is 2.12. The van der Waals surface area contributed by atoms with Gasteiger partial charge in [-0.1, -0.05) is 0 Å². The normalized spacial score (nSPS) is 15.0. The first-order chi connectivity index (χ1) is 12.7. The van der Waals surface area contributed by atoms with Gasteiger partial charge in [-0.05, 0) is 32.9 Å². The molecule has 0 atom stereocenters. The van der Waals surface area contributed by atoms with E-state index in [9.17, 15) is 14.4 Å². The van der Waals surface area contributed by atoms with Crippen molar-refractivity contribution < 1.29 is 23.9 Å². The molecule has 1 fully saturated rings. The fraction of sp³-hybridized carbons (Fsp3) is 0.474. The van der Waals surface area contributed by atoms with Crippen LogP contribution < -0.4 is 4.74 Å². The van der Waals surface area contributed by atoms with Crippen molar-refractivity contribution >= 4 is 17.8 Å². The molecule has 27 heavy (non-hydrogen) atoms. The molecule has 0 aliphatic carbocycles. The van der Waals surface area contributed by atoms with Crippen LogP contribution in [-0.4, -0.2) is 71.5 Å². The number of methoxy groups -OCH3 is 1. The van der Waals surface area contributed by atoms with Crippen molar-refractivity contribution in [2.24, 2.45) is 0 Å². The Morgan fingerprint density at radius 1 is 1.04 bits per heavy atom. The van der Waals surface area contributed by atoms with Gasteiger partial charge in [-0.25, -0.2) is 9.78 Å². The van der Waals surface area contributed by atoms with Crippen molar-refractivity contribution in [2.45, 2.75) is 26.4 Å². The van der Waals surface area contributed by atoms with E-state index >= 15 is 0 Å². The third-order valence-corrected chi connectivity index (χ3v) is 3.85. The summed E-state index contributed by atoms with van der Waals surface area (Å²) in [4.78, 5) is 43.5. The van der Waals surface area contributed by atoms with E-state index in [-0.39, 0.29) is 17.8 Å². The zero-order chi connectivity index (χ0) is 20.0. The summed E-state index contributed by atoms with van der Waals surface area (Å²) in [6, 6.07) is 3.17. The number of hydrogen-bond acceptors (Lipinski definition) is 6. The van der Waals surface area contributed by atoms with Gasteiger partial charge in [0, 0.05) is 50.1 Å². The molecular formula is C19H25N3O5. The van der Waals surface area contributed by atoms with E-state index in [0.717, 1.165) is 0 Å². The zero-order valence-corrected chi connectivity index (χ0v) is 16.1. The van der Waals surface area contributed by atoms with Crippen LogP contribution in [0.1, 0.15) is 31.1 Å². The van der Waals surface area contributed by atoms with Crippen LogP contribution in [-0.2, 0) is 9.53 Å². The summed E-state index contributed by atoms with van der Waals surface area (Å²) in [6.07, 6.45) is 3.49. The Morgan fingerprint density at radius 2 is 1.67 bits per heavy atom. The van der Waals surface area contributed by atoms with E-state index < -0.39 is 5.60 Å². The molecule has 1 saturated heterocycles. The van der Waals surface area contributed by atoms with Gasteiger partial charge in [-0.15, -0.1) is 0 Å². The van der Waals surface area contributed by atoms with Crippen molar-refractivity contribution in [3.63, 3.8) is 0 Å². The third-order valence-electron chi connectivity index (χ3n) is 3.85. The molecule has 1 aliphatic rings. The second kappa shape index (κ2) is 8.66. The molecule has 8 nitrogen and oxygen atoms in total. The van der Waals surface area contributed by atoms with Crippen molar-refractivity contribution in [3.8, 4) is 5.88 Å². The number of carbonyl (C=O) groups excluding carboxylic acids is 3. The number of aromatic nitrogens is 1. The molecule has 0 N–H and O–H groups in total. The Bertz CT molecular complexity index is 714. The minimum absolute atomic E-state index is 0.270. The molecule has 0 radical (unpaired) electrons. The predicted molar refractivity (Wildman–Crippen MR) is 98.6 cm³/mol. The van der Waals surface area contributed by atoms with Crippen molar-refractivity contribution in [1.29, 1.82) is 0 Å². The van der Waals surface area contributed by atoms with E-state index in [0.29, 0.717) is 37.6 Å². The van der Waals surface area contributed by atoms with E-state index in [1.54, 1.807) is 21.9 Å². The average molecular weight is 375 g/mol. The molecular weight excluding hydrogens is 350 g/mol. The van der Waals surface area contributed by atoms with Gasteiger partial charge < -0.3 is 19.3 Å². The molecule has 1 aliphatic heterocycles. The van der Waals surface area contributed by atoms with Gasteiger partial charge in [0.15, 0.2) is 5.78 Å². The fourth-order valence-electron chi connectivity index (χ4n) is 2.43. The Morgan fingerprint density at radius 3 is 2.19 bits per heavy atom. The molecule has 8 heteroatoms. The number of rotatable bonds is 4. The number of pyridine rings is 1. The second-order valence-electron chi connectivity index (χ2n) is 7.08. The number of allylic oxidation sites excluding steroid dienone is 1. The van der Waals surface area contributed by atoms with E-state index in [2.05, 4.69) is 4.98 Å². The average Bonchev–Trinajstić information content (AvgIpc) is 2.64. The lowest BCUT2D eigenvalue weighted by molar-refractivity contribution is -0.127. The monoisotopic (exact) mass is 375 g/mol. The van der Waals surface area contributed by atoms with Crippen molar-refractivity contribution in [1.82, 2.24) is 14.8 Å². The maximum absolute atomic E-state index is 12.3. The summed E-state index contributed by atoms with van der Waals surface area (Å²) in [5.74, 6) is -0.172. The smallest absolute Gasteiger partial charge is 0.410 e. The lowest BCUT2D eigenvalue weighted by atomic mass is 10.2. The van der Waals surface area contributed by atoms with Gasteiger partial charge in [0.05, 0.1) is 7.11 Å². The van der Waals surface area contributed by atoms with Gasteiger partial charge in [0.1, 0.15) is 5.60 Å². The van der Waals surface area contributed by atoms with Crippen LogP contribution in [0.4, 0.5) is 4.79 Å². The summed E-state index contributed by atoms with van der Waals surface area (Å²) < 4.78 is 10.3. The SMILES string of the molecule is COc1ccc(C(=O)/C=C/C(=O)N2CCN(C(=O)OC(C)(C)C)CC2)cn1. The molecule has 2 rings (SSSR count). The van der Waals surface area contributed by atoms with Gasteiger partial charge in [-0.3, -0.25) is 9.59 Å². The first-order valence-corrected chi connectivity index (χ1v) is 8.69. The highest BCUT2D eigenvalue weighted by Gasteiger charge is 2.27. The largest absolute Gasteiger partial charge is 0.481 e. The number of ketones is 1. The summed E-state index contributed by atoms with van der Waals surface area (Å²) in [5.41, 5.74) is -0.182. The molecule has 0 bridgehead atoms. The Balaban J connectivity index is 1.85. The van der Waals surface area contributed by atoms with Crippen LogP contribution in [0.15, 0.2) is 30.5 Å². The van der Waals surface area contributed by atoms with E-state index in [4.69, 9.17) is 9.47 Å². The minimum atomic E-state index is -0.552. The van der Waals surface area contributed by atoms with Crippen molar-refractivity contribution in [3.05, 3.63) is 36.0 Å². The quantitative estimate of drug-likeness (QED) is 0.590. The van der Waals surface area contributed by atoms with Crippen LogP contribution in [0, 0.1) is 0 Å². The number of carbonyl (C=O) groups is 3. The summed E-state index contributed by atoms with van der Waals surface area (Å²) in [7, 11) is 1.49. The maximum Gasteiger partial charge on any atom is 0.410 e. The van der Waals surface area contributed by atoms with E-state index in [1.807, 2.05) is 20.8 Å². The standard InChI is InChI=1S/C19H25N3O5/c1-19(2,3)27-18(25)22-11-9-21(10-12-22)17(24)8-6-15(23)14-5-7-16(26-4)20-13-14/h5-8,13H,9-12H2,1-4H3/b8-6+. The Kier molecular flexibility index (Phi) is 6.55. The summed E-state index contributed by atoms with van der Waals surface area (Å²) in [6.45, 7) is 7.00. The lowest BCUT2D eigenvalue weighted by Gasteiger charge is -2.35. The van der Waals surface area contributed by atoms with Crippen LogP contribution in [0.2, 0.25) is 0 Å². The first-order valence-electron chi connectivity index (χ1n) is 8.69. The lowest BCUT2D eigenvalue weighted by Crippen LogP contribution is -2.51. The second-order valence-corrected chi connectivity index (χ2v) is 7.08. The van der Waals surface area contributed by atoms with Crippen LogP contribution in [0.3, 0.4) is 0 Å². The van der Waals surface area contributed by atoms with Gasteiger partial charge in [0.25, 0.3) is 0 Å². The summed E-state index contributed by atoms with van der Waals surface area (Å²) >= 11 is 0. The predicted octanol–water partition coefficient (Wildman–Crippen LogP) is 1.91. The molecule has 2 amide bonds. The van der Waals surface area contributed by atoms with E-state index in [1.165, 1.54) is 25.5 Å². The maximum atomic E-state index is 12.3. The van der Waals surface area contributed by atoms with Gasteiger partial charge >= 0.3 is 6.09 Å². The zero-order valence-electron chi connectivity index (χ0n) is 16.1. The molecule has 2 heterocycles. The molecule has 0 spiro atoms. The molecule has 146 valence electrons. The van der Waals surface area contributed by atoms with Gasteiger partial charge in [0.2, 0.25) is 11.8 Å². The number of nitrogens with zero attached hydrogens (tertiary/aromatic N) is 3. The Labute approximate surface area is 158 Å². The number of hydrogen-bond donors (Lipinski definition) is 0. The molecule has 1 aromatic heterocycles. The molecule has 1 aromatic rings. The molecule has 0 saturated carbocycles. The number of piperazine rings is 1. The molecule has 0 aromatic carbocycles. The van der Waals surface area contributed by atoms with Crippen molar-refractivity contribution in [2.75, 3.05) is 33.3 Å². The van der Waals surface area contributed by atoms with Crippen LogP contribution in [0.25, 0.3) is 0 Å². The van der Waals surface area contributed by atoms with Crippen LogP contribution in [0.5, 0.6) is 5.88 Å². The highest BCUT2D eigenvalue weighted by atomic mass is 16.6. The number of ether oxygens (including phenoxy) is 2. The third kappa shape index (κ3) is 6.09. The summed E-state index contributed by atoms with van der Waals surface area (Å²) in [5, 5.41) is 0. The van der Waals surface area contributed by atoms with Crippen LogP contribution >= 0.6 is 0 Å². The topological polar surface area (TPSA) is 89.0 Å². The molecule has 0 unspecified atom stereocenters. The Hall–Kier alpha value is -2.90. The highest BCUT2D eigenvalue weighted by molar-refractivity contribution is 6.07. The first kappa shape index (κ1) is 20.4. The number of amides is 2.